The van der Waals surface area contributed by atoms with Gasteiger partial charge in [0, 0.05) is 31.0 Å². The molecule has 1 aliphatic carbocycles. The summed E-state index contributed by atoms with van der Waals surface area (Å²) in [5.74, 6) is 2.16. The first-order valence-corrected chi connectivity index (χ1v) is 8.94. The summed E-state index contributed by atoms with van der Waals surface area (Å²) in [6, 6.07) is 0. The first-order chi connectivity index (χ1) is 9.76. The maximum Gasteiger partial charge on any atom is 0.0592 e. The van der Waals surface area contributed by atoms with E-state index in [4.69, 9.17) is 27.9 Å². The van der Waals surface area contributed by atoms with E-state index in [0.717, 1.165) is 25.2 Å². The number of nitrogens with zero attached hydrogens (tertiary/aromatic N) is 1. The molecule has 1 spiro atoms. The average molecular weight is 355 g/mol. The molecule has 0 bridgehead atoms. The van der Waals surface area contributed by atoms with Gasteiger partial charge in [-0.25, -0.2) is 0 Å². The van der Waals surface area contributed by atoms with Crippen LogP contribution in [0.1, 0.15) is 38.5 Å². The quantitative estimate of drug-likeness (QED) is 0.553. The summed E-state index contributed by atoms with van der Waals surface area (Å²) in [4.78, 5) is 2.72. The summed E-state index contributed by atoms with van der Waals surface area (Å²) in [5, 5.41) is 0. The molecular weight excluding hydrogens is 329 g/mol. The van der Waals surface area contributed by atoms with Crippen LogP contribution < -0.4 is 0 Å². The van der Waals surface area contributed by atoms with Gasteiger partial charge in [-0.1, -0.05) is 5.57 Å². The molecule has 0 radical (unpaired) electrons. The summed E-state index contributed by atoms with van der Waals surface area (Å²) in [6.07, 6.45) is 7.48. The molecular formula is C16H26Cl3NO. The highest BCUT2D eigenvalue weighted by atomic mass is 35.5. The van der Waals surface area contributed by atoms with Gasteiger partial charge in [0.15, 0.2) is 0 Å². The molecule has 3 unspecified atom stereocenters. The molecule has 2 heterocycles. The van der Waals surface area contributed by atoms with Crippen LogP contribution in [0, 0.1) is 5.92 Å². The van der Waals surface area contributed by atoms with Crippen molar-refractivity contribution in [3.05, 3.63) is 11.1 Å². The molecule has 3 atom stereocenters. The summed E-state index contributed by atoms with van der Waals surface area (Å²) < 4.78 is 5.72. The van der Waals surface area contributed by atoms with Crippen LogP contribution in [0.15, 0.2) is 11.1 Å². The molecule has 0 amide bonds. The Morgan fingerprint density at radius 1 is 1.24 bits per heavy atom. The lowest BCUT2D eigenvalue weighted by molar-refractivity contribution is -0.0135. The van der Waals surface area contributed by atoms with Crippen molar-refractivity contribution >= 4 is 35.6 Å². The third-order valence-corrected chi connectivity index (χ3v) is 6.35. The van der Waals surface area contributed by atoms with Crippen molar-refractivity contribution in [3.63, 3.8) is 0 Å². The molecule has 0 aromatic carbocycles. The van der Waals surface area contributed by atoms with Gasteiger partial charge in [0.1, 0.15) is 0 Å². The molecule has 5 heteroatoms. The smallest absolute Gasteiger partial charge is 0.0592 e. The largest absolute Gasteiger partial charge is 0.381 e. The van der Waals surface area contributed by atoms with Crippen LogP contribution in [-0.2, 0) is 4.74 Å². The second kappa shape index (κ2) is 7.40. The zero-order valence-corrected chi connectivity index (χ0v) is 15.1. The van der Waals surface area contributed by atoms with Crippen LogP contribution in [0.25, 0.3) is 0 Å². The molecule has 0 aromatic rings. The Bertz CT molecular complexity index is 401. The van der Waals surface area contributed by atoms with Gasteiger partial charge < -0.3 is 4.74 Å². The van der Waals surface area contributed by atoms with Crippen LogP contribution in [-0.4, -0.2) is 48.5 Å². The monoisotopic (exact) mass is 353 g/mol. The third kappa shape index (κ3) is 2.87. The van der Waals surface area contributed by atoms with E-state index >= 15 is 0 Å². The number of rotatable bonds is 4. The second-order valence-electron chi connectivity index (χ2n) is 6.44. The van der Waals surface area contributed by atoms with Crippen LogP contribution in [0.2, 0.25) is 0 Å². The molecule has 3 rings (SSSR count). The minimum Gasteiger partial charge on any atom is -0.381 e. The highest BCUT2D eigenvalue weighted by Crippen LogP contribution is 2.53. The topological polar surface area (TPSA) is 12.5 Å². The van der Waals surface area contributed by atoms with Crippen LogP contribution in [0.5, 0.6) is 0 Å². The van der Waals surface area contributed by atoms with E-state index in [1.165, 1.54) is 37.9 Å². The van der Waals surface area contributed by atoms with Gasteiger partial charge >= 0.3 is 0 Å². The lowest BCUT2D eigenvalue weighted by Gasteiger charge is -2.52. The van der Waals surface area contributed by atoms with E-state index in [1.807, 2.05) is 7.11 Å². The summed E-state index contributed by atoms with van der Waals surface area (Å²) in [6.45, 7) is 2.41. The Kier molecular flexibility index (Phi) is 6.30. The van der Waals surface area contributed by atoms with Crippen molar-refractivity contribution < 1.29 is 4.74 Å². The van der Waals surface area contributed by atoms with Gasteiger partial charge in [-0.2, -0.15) is 0 Å². The molecule has 2 fully saturated rings. The van der Waals surface area contributed by atoms with Gasteiger partial charge in [0.2, 0.25) is 0 Å². The molecule has 122 valence electrons. The third-order valence-electron chi connectivity index (χ3n) is 5.84. The Balaban J connectivity index is 0.00000161. The SMILES string of the molecule is COC1CCC2CCN3CCC(CCl)=C(CCCl)C23C1.Cl. The number of hydrogen-bond donors (Lipinski definition) is 0. The second-order valence-corrected chi connectivity index (χ2v) is 7.09. The van der Waals surface area contributed by atoms with Gasteiger partial charge in [-0.15, -0.1) is 35.6 Å². The zero-order valence-electron chi connectivity index (χ0n) is 12.7. The van der Waals surface area contributed by atoms with Gasteiger partial charge in [-0.3, -0.25) is 4.90 Å². The van der Waals surface area contributed by atoms with Crippen molar-refractivity contribution in [1.29, 1.82) is 0 Å². The molecule has 1 saturated heterocycles. The number of methoxy groups -OCH3 is 1. The molecule has 1 saturated carbocycles. The minimum atomic E-state index is 0. The van der Waals surface area contributed by atoms with Crippen molar-refractivity contribution in [2.45, 2.75) is 50.2 Å². The Morgan fingerprint density at radius 2 is 2.05 bits per heavy atom. The van der Waals surface area contributed by atoms with Crippen LogP contribution in [0.3, 0.4) is 0 Å². The summed E-state index contributed by atoms with van der Waals surface area (Å²) in [7, 11) is 1.86. The van der Waals surface area contributed by atoms with E-state index < -0.39 is 0 Å². The molecule has 3 aliphatic rings. The van der Waals surface area contributed by atoms with Gasteiger partial charge in [0.05, 0.1) is 6.10 Å². The fourth-order valence-electron chi connectivity index (χ4n) is 4.96. The molecule has 0 N–H and O–H groups in total. The van der Waals surface area contributed by atoms with Crippen molar-refractivity contribution in [1.82, 2.24) is 4.90 Å². The first kappa shape index (κ1) is 17.9. The number of ether oxygens (including phenoxy) is 1. The van der Waals surface area contributed by atoms with E-state index in [0.29, 0.717) is 17.9 Å². The van der Waals surface area contributed by atoms with Crippen LogP contribution in [0.4, 0.5) is 0 Å². The Labute approximate surface area is 144 Å². The predicted molar refractivity (Wildman–Crippen MR) is 92.0 cm³/mol. The summed E-state index contributed by atoms with van der Waals surface area (Å²) >= 11 is 12.4. The maximum atomic E-state index is 6.25. The minimum absolute atomic E-state index is 0. The predicted octanol–water partition coefficient (Wildman–Crippen LogP) is 4.24. The number of hydrogen-bond acceptors (Lipinski definition) is 2. The number of halogens is 3. The summed E-state index contributed by atoms with van der Waals surface area (Å²) in [5.41, 5.74) is 3.25. The Hall–Kier alpha value is 0.530. The maximum absolute atomic E-state index is 6.25. The van der Waals surface area contributed by atoms with E-state index in [2.05, 4.69) is 4.90 Å². The van der Waals surface area contributed by atoms with E-state index in [9.17, 15) is 0 Å². The van der Waals surface area contributed by atoms with E-state index in [-0.39, 0.29) is 17.9 Å². The molecule has 21 heavy (non-hydrogen) atoms. The van der Waals surface area contributed by atoms with Gasteiger partial charge in [-0.05, 0) is 56.6 Å². The van der Waals surface area contributed by atoms with E-state index in [1.54, 1.807) is 5.57 Å². The highest BCUT2D eigenvalue weighted by Gasteiger charge is 2.55. The zero-order chi connectivity index (χ0) is 14.2. The lowest BCUT2D eigenvalue weighted by Crippen LogP contribution is -2.57. The molecule has 2 aliphatic heterocycles. The number of alkyl halides is 2. The van der Waals surface area contributed by atoms with Crippen LogP contribution >= 0.6 is 35.6 Å². The van der Waals surface area contributed by atoms with Gasteiger partial charge in [0.25, 0.3) is 0 Å². The molecule has 2 nitrogen and oxygen atoms in total. The van der Waals surface area contributed by atoms with Crippen molar-refractivity contribution in [2.24, 2.45) is 5.92 Å². The fourth-order valence-corrected chi connectivity index (χ4v) is 5.44. The van der Waals surface area contributed by atoms with Crippen molar-refractivity contribution in [2.75, 3.05) is 32.0 Å². The average Bonchev–Trinajstić information content (AvgIpc) is 2.86. The Morgan fingerprint density at radius 3 is 2.71 bits per heavy atom. The highest BCUT2D eigenvalue weighted by molar-refractivity contribution is 6.19. The lowest BCUT2D eigenvalue weighted by atomic mass is 9.65. The first-order valence-electron chi connectivity index (χ1n) is 7.87. The molecule has 0 aromatic heterocycles. The fraction of sp³-hybridized carbons (Fsp3) is 0.875. The van der Waals surface area contributed by atoms with Crippen molar-refractivity contribution in [3.8, 4) is 0 Å². The standard InChI is InChI=1S/C16H25Cl2NO.ClH/c1-20-14-3-2-13-6-9-19-8-5-12(11-18)15(4-7-17)16(13,19)10-14;/h13-14H,2-11H2,1H3;1H. The normalized spacial score (nSPS) is 36.1.